The molecule has 0 unspecified atom stereocenters. The fourth-order valence-corrected chi connectivity index (χ4v) is 2.46. The number of rotatable bonds is 4. The zero-order valence-electron chi connectivity index (χ0n) is 10.9. The SMILES string of the molecule is Cn1ccnc1CCNC(=O)C1CCC(N)CC1. The molecule has 18 heavy (non-hydrogen) atoms. The van der Waals surface area contributed by atoms with E-state index in [4.69, 9.17) is 5.73 Å². The first-order valence-corrected chi connectivity index (χ1v) is 6.66. The fourth-order valence-electron chi connectivity index (χ4n) is 2.46. The molecule has 1 aromatic heterocycles. The van der Waals surface area contributed by atoms with Gasteiger partial charge in [-0.1, -0.05) is 0 Å². The average Bonchev–Trinajstić information content (AvgIpc) is 2.76. The van der Waals surface area contributed by atoms with Crippen LogP contribution < -0.4 is 11.1 Å². The van der Waals surface area contributed by atoms with Crippen LogP contribution in [0.5, 0.6) is 0 Å². The molecular weight excluding hydrogens is 228 g/mol. The Labute approximate surface area is 108 Å². The number of hydrogen-bond acceptors (Lipinski definition) is 3. The predicted octanol–water partition coefficient (Wildman–Crippen LogP) is 0.596. The van der Waals surface area contributed by atoms with E-state index in [1.54, 1.807) is 6.20 Å². The standard InChI is InChI=1S/C13H22N4O/c1-17-9-8-15-12(17)6-7-16-13(18)10-2-4-11(14)5-3-10/h8-11H,2-7,14H2,1H3,(H,16,18). The predicted molar refractivity (Wildman–Crippen MR) is 69.9 cm³/mol. The van der Waals surface area contributed by atoms with Crippen molar-refractivity contribution in [3.63, 3.8) is 0 Å². The van der Waals surface area contributed by atoms with E-state index in [1.165, 1.54) is 0 Å². The number of aryl methyl sites for hydroxylation is 1. The first-order chi connectivity index (χ1) is 8.66. The van der Waals surface area contributed by atoms with Crippen LogP contribution in [0.15, 0.2) is 12.4 Å². The Morgan fingerprint density at radius 2 is 2.22 bits per heavy atom. The Morgan fingerprint density at radius 1 is 1.50 bits per heavy atom. The summed E-state index contributed by atoms with van der Waals surface area (Å²) in [5.74, 6) is 1.34. The van der Waals surface area contributed by atoms with E-state index < -0.39 is 0 Å². The zero-order chi connectivity index (χ0) is 13.0. The lowest BCUT2D eigenvalue weighted by Crippen LogP contribution is -2.37. The van der Waals surface area contributed by atoms with E-state index in [0.29, 0.717) is 12.6 Å². The van der Waals surface area contributed by atoms with Crippen molar-refractivity contribution in [2.45, 2.75) is 38.1 Å². The Hall–Kier alpha value is -1.36. The summed E-state index contributed by atoms with van der Waals surface area (Å²) in [6.07, 6.45) is 8.26. The summed E-state index contributed by atoms with van der Waals surface area (Å²) < 4.78 is 1.98. The van der Waals surface area contributed by atoms with Gasteiger partial charge in [-0.05, 0) is 25.7 Å². The van der Waals surface area contributed by atoms with Crippen molar-refractivity contribution in [2.24, 2.45) is 18.7 Å². The summed E-state index contributed by atoms with van der Waals surface area (Å²) in [5.41, 5.74) is 5.84. The molecule has 0 atom stereocenters. The van der Waals surface area contributed by atoms with Gasteiger partial charge in [-0.25, -0.2) is 4.98 Å². The minimum atomic E-state index is 0.158. The lowest BCUT2D eigenvalue weighted by Gasteiger charge is -2.25. The third kappa shape index (κ3) is 3.32. The summed E-state index contributed by atoms with van der Waals surface area (Å²) in [5, 5.41) is 3.00. The molecule has 1 fully saturated rings. The number of nitrogens with zero attached hydrogens (tertiary/aromatic N) is 2. The lowest BCUT2D eigenvalue weighted by molar-refractivity contribution is -0.125. The molecule has 0 bridgehead atoms. The molecule has 2 rings (SSSR count). The van der Waals surface area contributed by atoms with Crippen LogP contribution >= 0.6 is 0 Å². The maximum Gasteiger partial charge on any atom is 0.223 e. The minimum Gasteiger partial charge on any atom is -0.355 e. The van der Waals surface area contributed by atoms with Gasteiger partial charge in [0, 0.05) is 44.4 Å². The molecule has 0 spiro atoms. The second kappa shape index (κ2) is 6.00. The molecule has 0 saturated heterocycles. The quantitative estimate of drug-likeness (QED) is 0.821. The van der Waals surface area contributed by atoms with Gasteiger partial charge < -0.3 is 15.6 Å². The molecule has 0 radical (unpaired) electrons. The van der Waals surface area contributed by atoms with E-state index >= 15 is 0 Å². The van der Waals surface area contributed by atoms with Crippen molar-refractivity contribution in [1.82, 2.24) is 14.9 Å². The first kappa shape index (κ1) is 13.1. The van der Waals surface area contributed by atoms with Crippen LogP contribution in [0.2, 0.25) is 0 Å². The third-order valence-electron chi connectivity index (χ3n) is 3.71. The Balaban J connectivity index is 1.70. The number of carbonyl (C=O) groups is 1. The monoisotopic (exact) mass is 250 g/mol. The van der Waals surface area contributed by atoms with Gasteiger partial charge in [0.1, 0.15) is 5.82 Å². The highest BCUT2D eigenvalue weighted by Crippen LogP contribution is 2.23. The summed E-state index contributed by atoms with van der Waals surface area (Å²) in [6, 6.07) is 0.293. The number of nitrogens with one attached hydrogen (secondary N) is 1. The Bertz CT molecular complexity index is 393. The molecule has 3 N–H and O–H groups in total. The zero-order valence-corrected chi connectivity index (χ0v) is 10.9. The van der Waals surface area contributed by atoms with E-state index in [-0.39, 0.29) is 11.8 Å². The molecule has 1 heterocycles. The molecule has 1 saturated carbocycles. The van der Waals surface area contributed by atoms with E-state index in [1.807, 2.05) is 17.8 Å². The topological polar surface area (TPSA) is 72.9 Å². The third-order valence-corrected chi connectivity index (χ3v) is 3.71. The number of carbonyl (C=O) groups excluding carboxylic acids is 1. The summed E-state index contributed by atoms with van der Waals surface area (Å²) in [4.78, 5) is 16.2. The van der Waals surface area contributed by atoms with Crippen molar-refractivity contribution in [2.75, 3.05) is 6.54 Å². The fraction of sp³-hybridized carbons (Fsp3) is 0.692. The number of nitrogens with two attached hydrogens (primary N) is 1. The first-order valence-electron chi connectivity index (χ1n) is 6.66. The maximum atomic E-state index is 11.9. The van der Waals surface area contributed by atoms with E-state index in [2.05, 4.69) is 10.3 Å². The van der Waals surface area contributed by atoms with Gasteiger partial charge in [0.25, 0.3) is 0 Å². The largest absolute Gasteiger partial charge is 0.355 e. The highest BCUT2D eigenvalue weighted by atomic mass is 16.1. The highest BCUT2D eigenvalue weighted by molar-refractivity contribution is 5.78. The normalized spacial score (nSPS) is 23.9. The van der Waals surface area contributed by atoms with Crippen LogP contribution in [-0.2, 0) is 18.3 Å². The van der Waals surface area contributed by atoms with Gasteiger partial charge in [-0.15, -0.1) is 0 Å². The number of hydrogen-bond donors (Lipinski definition) is 2. The highest BCUT2D eigenvalue weighted by Gasteiger charge is 2.24. The second-order valence-electron chi connectivity index (χ2n) is 5.11. The van der Waals surface area contributed by atoms with Gasteiger partial charge in [-0.3, -0.25) is 4.79 Å². The molecule has 100 valence electrons. The number of amides is 1. The van der Waals surface area contributed by atoms with Crippen LogP contribution in [0.25, 0.3) is 0 Å². The van der Waals surface area contributed by atoms with E-state index in [0.717, 1.165) is 37.9 Å². The van der Waals surface area contributed by atoms with Gasteiger partial charge in [0.2, 0.25) is 5.91 Å². The molecular formula is C13H22N4O. The molecule has 1 amide bonds. The van der Waals surface area contributed by atoms with Crippen LogP contribution in [-0.4, -0.2) is 28.0 Å². The Morgan fingerprint density at radius 3 is 2.83 bits per heavy atom. The molecule has 0 aliphatic heterocycles. The second-order valence-corrected chi connectivity index (χ2v) is 5.11. The molecule has 1 aliphatic carbocycles. The van der Waals surface area contributed by atoms with Crippen molar-refractivity contribution in [3.8, 4) is 0 Å². The van der Waals surface area contributed by atoms with Crippen LogP contribution in [0.4, 0.5) is 0 Å². The molecule has 5 heteroatoms. The summed E-state index contributed by atoms with van der Waals surface area (Å²) in [6.45, 7) is 0.659. The number of imidazole rings is 1. The van der Waals surface area contributed by atoms with Crippen molar-refractivity contribution in [1.29, 1.82) is 0 Å². The Kier molecular flexibility index (Phi) is 4.36. The molecule has 0 aromatic carbocycles. The molecule has 5 nitrogen and oxygen atoms in total. The summed E-state index contributed by atoms with van der Waals surface area (Å²) in [7, 11) is 1.96. The minimum absolute atomic E-state index is 0.158. The maximum absolute atomic E-state index is 11.9. The van der Waals surface area contributed by atoms with Crippen molar-refractivity contribution >= 4 is 5.91 Å². The van der Waals surface area contributed by atoms with Gasteiger partial charge >= 0.3 is 0 Å². The van der Waals surface area contributed by atoms with Gasteiger partial charge in [0.15, 0.2) is 0 Å². The van der Waals surface area contributed by atoms with Crippen LogP contribution in [0.3, 0.4) is 0 Å². The molecule has 1 aromatic rings. The van der Waals surface area contributed by atoms with Gasteiger partial charge in [0.05, 0.1) is 0 Å². The van der Waals surface area contributed by atoms with Gasteiger partial charge in [-0.2, -0.15) is 0 Å². The average molecular weight is 250 g/mol. The van der Waals surface area contributed by atoms with Crippen LogP contribution in [0, 0.1) is 5.92 Å². The van der Waals surface area contributed by atoms with E-state index in [9.17, 15) is 4.79 Å². The number of aromatic nitrogens is 2. The van der Waals surface area contributed by atoms with Crippen molar-refractivity contribution in [3.05, 3.63) is 18.2 Å². The lowest BCUT2D eigenvalue weighted by atomic mass is 9.86. The molecule has 1 aliphatic rings. The van der Waals surface area contributed by atoms with Crippen LogP contribution in [0.1, 0.15) is 31.5 Å². The smallest absolute Gasteiger partial charge is 0.223 e. The summed E-state index contributed by atoms with van der Waals surface area (Å²) >= 11 is 0. The van der Waals surface area contributed by atoms with Crippen molar-refractivity contribution < 1.29 is 4.79 Å².